The molecule has 0 aliphatic heterocycles. The van der Waals surface area contributed by atoms with Crippen LogP contribution in [0.25, 0.3) is 33.3 Å². The van der Waals surface area contributed by atoms with Gasteiger partial charge in [0.25, 0.3) is 0 Å². The second kappa shape index (κ2) is 6.34. The molecule has 0 N–H and O–H groups in total. The molecule has 3 aromatic heterocycles. The molecular formula is C20H15N3S. The van der Waals surface area contributed by atoms with E-state index in [1.807, 2.05) is 36.4 Å². The second-order valence-corrected chi connectivity index (χ2v) is 6.37. The van der Waals surface area contributed by atoms with Crippen molar-refractivity contribution in [3.05, 3.63) is 77.6 Å². The van der Waals surface area contributed by atoms with Crippen molar-refractivity contribution in [1.82, 2.24) is 15.0 Å². The zero-order valence-electron chi connectivity index (χ0n) is 13.2. The van der Waals surface area contributed by atoms with Crippen molar-refractivity contribution in [2.45, 2.75) is 6.92 Å². The van der Waals surface area contributed by atoms with Gasteiger partial charge in [-0.2, -0.15) is 0 Å². The van der Waals surface area contributed by atoms with E-state index in [0.717, 1.165) is 38.6 Å². The van der Waals surface area contributed by atoms with Crippen molar-refractivity contribution in [2.75, 3.05) is 0 Å². The van der Waals surface area contributed by atoms with Crippen molar-refractivity contribution in [3.8, 4) is 10.7 Å². The van der Waals surface area contributed by atoms with Gasteiger partial charge in [0.1, 0.15) is 5.01 Å². The Morgan fingerprint density at radius 1 is 0.958 bits per heavy atom. The first-order valence-electron chi connectivity index (χ1n) is 7.71. The molecule has 0 amide bonds. The van der Waals surface area contributed by atoms with E-state index in [-0.39, 0.29) is 0 Å². The summed E-state index contributed by atoms with van der Waals surface area (Å²) >= 11 is 1.60. The largest absolute Gasteiger partial charge is 0.254 e. The average molecular weight is 329 g/mol. The van der Waals surface area contributed by atoms with Crippen LogP contribution in [-0.4, -0.2) is 15.0 Å². The molecule has 1 aromatic carbocycles. The third-order valence-electron chi connectivity index (χ3n) is 3.77. The van der Waals surface area contributed by atoms with Crippen molar-refractivity contribution in [1.29, 1.82) is 0 Å². The Morgan fingerprint density at radius 3 is 2.71 bits per heavy atom. The summed E-state index contributed by atoms with van der Waals surface area (Å²) in [5.41, 5.74) is 4.92. The van der Waals surface area contributed by atoms with Crippen LogP contribution in [-0.2, 0) is 0 Å². The molecule has 0 atom stereocenters. The van der Waals surface area contributed by atoms with Crippen LogP contribution in [0, 0.1) is 0 Å². The Bertz CT molecular complexity index is 1020. The van der Waals surface area contributed by atoms with Crippen LogP contribution in [0.15, 0.2) is 66.2 Å². The van der Waals surface area contributed by atoms with Crippen molar-refractivity contribution in [3.63, 3.8) is 0 Å². The van der Waals surface area contributed by atoms with Crippen molar-refractivity contribution >= 4 is 33.9 Å². The summed E-state index contributed by atoms with van der Waals surface area (Å²) in [5.74, 6) is 0. The number of benzene rings is 1. The lowest BCUT2D eigenvalue weighted by Crippen LogP contribution is -1.87. The van der Waals surface area contributed by atoms with Crippen LogP contribution >= 0.6 is 11.3 Å². The van der Waals surface area contributed by atoms with Gasteiger partial charge in [0.2, 0.25) is 0 Å². The van der Waals surface area contributed by atoms with Gasteiger partial charge in [0.05, 0.1) is 22.6 Å². The molecule has 116 valence electrons. The first-order chi connectivity index (χ1) is 11.8. The fraction of sp³-hybridized carbons (Fsp3) is 0.0500. The predicted molar refractivity (Wildman–Crippen MR) is 101 cm³/mol. The first-order valence-corrected chi connectivity index (χ1v) is 8.59. The molecule has 4 heteroatoms. The summed E-state index contributed by atoms with van der Waals surface area (Å²) in [5, 5.41) is 4.13. The van der Waals surface area contributed by atoms with Gasteiger partial charge >= 0.3 is 0 Å². The molecule has 3 heterocycles. The number of para-hydroxylation sites is 1. The summed E-state index contributed by atoms with van der Waals surface area (Å²) in [7, 11) is 0. The molecule has 0 unspecified atom stereocenters. The monoisotopic (exact) mass is 329 g/mol. The van der Waals surface area contributed by atoms with Crippen LogP contribution in [0.4, 0.5) is 0 Å². The van der Waals surface area contributed by atoms with Crippen LogP contribution in [0.2, 0.25) is 0 Å². The third-order valence-corrected chi connectivity index (χ3v) is 4.66. The Labute approximate surface area is 144 Å². The van der Waals surface area contributed by atoms with Gasteiger partial charge in [-0.15, -0.1) is 11.3 Å². The summed E-state index contributed by atoms with van der Waals surface area (Å²) in [6.07, 6.45) is 3.86. The van der Waals surface area contributed by atoms with E-state index in [2.05, 4.69) is 46.5 Å². The fourth-order valence-corrected chi connectivity index (χ4v) is 3.29. The fourth-order valence-electron chi connectivity index (χ4n) is 2.54. The summed E-state index contributed by atoms with van der Waals surface area (Å²) in [6, 6.07) is 18.2. The van der Waals surface area contributed by atoms with E-state index >= 15 is 0 Å². The normalized spacial score (nSPS) is 11.8. The number of thiazole rings is 1. The highest BCUT2D eigenvalue weighted by atomic mass is 32.1. The number of rotatable bonds is 3. The Morgan fingerprint density at radius 2 is 1.83 bits per heavy atom. The molecule has 0 spiro atoms. The van der Waals surface area contributed by atoms with Crippen LogP contribution in [0.5, 0.6) is 0 Å². The molecule has 0 radical (unpaired) electrons. The standard InChI is InChI=1S/C20H15N3S/c1-14(17-10-9-15-6-2-3-7-18(15)23-17)12-16-13-24-20(22-16)19-8-4-5-11-21-19/h2-13H,1H3/b14-12+. The maximum absolute atomic E-state index is 4.73. The quantitative estimate of drug-likeness (QED) is 0.511. The smallest absolute Gasteiger partial charge is 0.142 e. The molecule has 0 bridgehead atoms. The molecule has 3 nitrogen and oxygen atoms in total. The molecule has 4 rings (SSSR count). The zero-order valence-corrected chi connectivity index (χ0v) is 14.0. The van der Waals surface area contributed by atoms with Gasteiger partial charge in [-0.25, -0.2) is 9.97 Å². The SMILES string of the molecule is C/C(=C\c1csc(-c2ccccn2)n1)c1ccc2ccccc2n1. The summed E-state index contributed by atoms with van der Waals surface area (Å²) in [4.78, 5) is 13.7. The molecule has 0 aliphatic rings. The van der Waals surface area contributed by atoms with E-state index in [0.29, 0.717) is 0 Å². The molecule has 0 fully saturated rings. The average Bonchev–Trinajstić information content (AvgIpc) is 3.10. The number of fused-ring (bicyclic) bond motifs is 1. The van der Waals surface area contributed by atoms with Crippen molar-refractivity contribution < 1.29 is 0 Å². The lowest BCUT2D eigenvalue weighted by molar-refractivity contribution is 1.28. The minimum absolute atomic E-state index is 0.906. The summed E-state index contributed by atoms with van der Waals surface area (Å²) < 4.78 is 0. The lowest BCUT2D eigenvalue weighted by atomic mass is 10.1. The number of aromatic nitrogens is 3. The number of hydrogen-bond donors (Lipinski definition) is 0. The highest BCUT2D eigenvalue weighted by Gasteiger charge is 2.06. The van der Waals surface area contributed by atoms with Gasteiger partial charge in [-0.05, 0) is 42.8 Å². The topological polar surface area (TPSA) is 38.7 Å². The summed E-state index contributed by atoms with van der Waals surface area (Å²) in [6.45, 7) is 2.07. The zero-order chi connectivity index (χ0) is 16.4. The first kappa shape index (κ1) is 14.7. The second-order valence-electron chi connectivity index (χ2n) is 5.51. The highest BCUT2D eigenvalue weighted by Crippen LogP contribution is 2.24. The Balaban J connectivity index is 1.66. The lowest BCUT2D eigenvalue weighted by Gasteiger charge is -2.02. The Kier molecular flexibility index (Phi) is 3.89. The van der Waals surface area contributed by atoms with E-state index < -0.39 is 0 Å². The van der Waals surface area contributed by atoms with Crippen LogP contribution < -0.4 is 0 Å². The van der Waals surface area contributed by atoms with Crippen LogP contribution in [0.1, 0.15) is 18.3 Å². The molecule has 0 saturated heterocycles. The van der Waals surface area contributed by atoms with Crippen molar-refractivity contribution in [2.24, 2.45) is 0 Å². The molecule has 0 saturated carbocycles. The maximum Gasteiger partial charge on any atom is 0.142 e. The molecule has 0 aliphatic carbocycles. The highest BCUT2D eigenvalue weighted by molar-refractivity contribution is 7.13. The van der Waals surface area contributed by atoms with E-state index in [1.54, 1.807) is 17.5 Å². The van der Waals surface area contributed by atoms with Gasteiger partial charge in [-0.1, -0.05) is 30.3 Å². The Hall–Kier alpha value is -2.85. The third kappa shape index (κ3) is 2.96. The van der Waals surface area contributed by atoms with Crippen LogP contribution in [0.3, 0.4) is 0 Å². The van der Waals surface area contributed by atoms with Gasteiger partial charge < -0.3 is 0 Å². The maximum atomic E-state index is 4.73. The van der Waals surface area contributed by atoms with Gasteiger partial charge in [-0.3, -0.25) is 4.98 Å². The molecule has 4 aromatic rings. The number of pyridine rings is 2. The van der Waals surface area contributed by atoms with Gasteiger partial charge in [0.15, 0.2) is 0 Å². The minimum Gasteiger partial charge on any atom is -0.254 e. The molecule has 24 heavy (non-hydrogen) atoms. The van der Waals surface area contributed by atoms with E-state index in [9.17, 15) is 0 Å². The predicted octanol–water partition coefficient (Wildman–Crippen LogP) is 5.31. The number of allylic oxidation sites excluding steroid dienone is 1. The van der Waals surface area contributed by atoms with Gasteiger partial charge in [0, 0.05) is 17.0 Å². The van der Waals surface area contributed by atoms with E-state index in [4.69, 9.17) is 4.98 Å². The van der Waals surface area contributed by atoms with E-state index in [1.165, 1.54) is 0 Å². The number of nitrogens with zero attached hydrogens (tertiary/aromatic N) is 3. The number of hydrogen-bond acceptors (Lipinski definition) is 4. The molecular weight excluding hydrogens is 314 g/mol. The minimum atomic E-state index is 0.906.